The molecule has 0 saturated heterocycles. The third-order valence-corrected chi connectivity index (χ3v) is 7.04. The highest BCUT2D eigenvalue weighted by Gasteiger charge is 2.49. The summed E-state index contributed by atoms with van der Waals surface area (Å²) in [6, 6.07) is 11.4. The number of fused-ring (bicyclic) bond motifs is 1. The fourth-order valence-electron chi connectivity index (χ4n) is 4.65. The molecule has 1 atom stereocenters. The maximum absolute atomic E-state index is 13.2. The lowest BCUT2D eigenvalue weighted by Crippen LogP contribution is -2.32. The van der Waals surface area contributed by atoms with Crippen LogP contribution in [0.2, 0.25) is 10.0 Å². The van der Waals surface area contributed by atoms with E-state index in [-0.39, 0.29) is 11.2 Å². The lowest BCUT2D eigenvalue weighted by Gasteiger charge is -2.29. The summed E-state index contributed by atoms with van der Waals surface area (Å²) in [5.41, 5.74) is 3.57. The molecule has 0 heterocycles. The molecule has 2 aliphatic carbocycles. The lowest BCUT2D eigenvalue weighted by atomic mass is 9.73. The minimum atomic E-state index is -0.366. The molecule has 0 radical (unpaired) electrons. The first kappa shape index (κ1) is 17.6. The van der Waals surface area contributed by atoms with Crippen LogP contribution in [0.15, 0.2) is 30.3 Å². The van der Waals surface area contributed by atoms with Crippen LogP contribution in [0.5, 0.6) is 0 Å². The fourth-order valence-corrected chi connectivity index (χ4v) is 5.22. The van der Waals surface area contributed by atoms with Crippen LogP contribution in [-0.4, -0.2) is 5.78 Å². The molecule has 4 rings (SSSR count). The summed E-state index contributed by atoms with van der Waals surface area (Å²) < 4.78 is 0. The minimum Gasteiger partial charge on any atom is -0.293 e. The number of halogens is 2. The second-order valence-corrected chi connectivity index (χ2v) is 8.44. The summed E-state index contributed by atoms with van der Waals surface area (Å²) in [6.45, 7) is 2.09. The van der Waals surface area contributed by atoms with Crippen molar-refractivity contribution in [3.05, 3.63) is 57.1 Å². The molecule has 1 saturated carbocycles. The standard InChI is InChI=1S/C22H19Cl2NO/c1-22(16-4-2-3-5-16)11-15-10-17(14-8-6-13(12-25)7-9-14)19(23)20(24)18(15)21(22)26/h6-10,16H,2-5,11H2,1H3. The van der Waals surface area contributed by atoms with Gasteiger partial charge >= 0.3 is 0 Å². The van der Waals surface area contributed by atoms with Crippen molar-refractivity contribution >= 4 is 29.0 Å². The van der Waals surface area contributed by atoms with E-state index in [0.29, 0.717) is 27.1 Å². The molecule has 2 aliphatic rings. The number of carbonyl (C=O) groups is 1. The molecule has 0 spiro atoms. The van der Waals surface area contributed by atoms with Gasteiger partial charge in [0, 0.05) is 16.5 Å². The Morgan fingerprint density at radius 1 is 1.12 bits per heavy atom. The zero-order valence-corrected chi connectivity index (χ0v) is 16.1. The third-order valence-electron chi connectivity index (χ3n) is 6.17. The monoisotopic (exact) mass is 383 g/mol. The predicted octanol–water partition coefficient (Wildman–Crippen LogP) is 6.47. The number of Topliss-reactive ketones (excluding diaryl/α,β-unsaturated/α-hetero) is 1. The van der Waals surface area contributed by atoms with Crippen molar-refractivity contribution in [2.45, 2.75) is 39.0 Å². The summed E-state index contributed by atoms with van der Waals surface area (Å²) in [4.78, 5) is 13.2. The number of nitriles is 1. The largest absolute Gasteiger partial charge is 0.293 e. The molecule has 1 fully saturated rings. The topological polar surface area (TPSA) is 40.9 Å². The van der Waals surface area contributed by atoms with Crippen LogP contribution in [0.4, 0.5) is 0 Å². The second kappa shape index (κ2) is 6.41. The first-order valence-corrected chi connectivity index (χ1v) is 9.77. The van der Waals surface area contributed by atoms with Gasteiger partial charge < -0.3 is 0 Å². The Morgan fingerprint density at radius 3 is 2.38 bits per heavy atom. The predicted molar refractivity (Wildman–Crippen MR) is 105 cm³/mol. The Balaban J connectivity index is 1.80. The molecule has 4 heteroatoms. The molecule has 132 valence electrons. The zero-order chi connectivity index (χ0) is 18.5. The van der Waals surface area contributed by atoms with Crippen molar-refractivity contribution in [3.8, 4) is 17.2 Å². The molecular formula is C22H19Cl2NO. The molecule has 0 aliphatic heterocycles. The Morgan fingerprint density at radius 2 is 1.77 bits per heavy atom. The van der Waals surface area contributed by atoms with Crippen LogP contribution >= 0.6 is 23.2 Å². The van der Waals surface area contributed by atoms with Crippen LogP contribution in [0.3, 0.4) is 0 Å². The number of benzene rings is 2. The summed E-state index contributed by atoms with van der Waals surface area (Å²) in [7, 11) is 0. The molecule has 1 unspecified atom stereocenters. The molecule has 2 aromatic carbocycles. The van der Waals surface area contributed by atoms with E-state index in [1.54, 1.807) is 12.1 Å². The number of nitrogens with zero attached hydrogens (tertiary/aromatic N) is 1. The van der Waals surface area contributed by atoms with E-state index in [1.807, 2.05) is 18.2 Å². The van der Waals surface area contributed by atoms with Crippen LogP contribution in [0.1, 0.15) is 54.1 Å². The van der Waals surface area contributed by atoms with E-state index >= 15 is 0 Å². The van der Waals surface area contributed by atoms with E-state index in [4.69, 9.17) is 28.5 Å². The number of rotatable bonds is 2. The van der Waals surface area contributed by atoms with Crippen LogP contribution in [0.25, 0.3) is 11.1 Å². The van der Waals surface area contributed by atoms with Crippen molar-refractivity contribution in [1.29, 1.82) is 5.26 Å². The third kappa shape index (κ3) is 2.57. The summed E-state index contributed by atoms with van der Waals surface area (Å²) in [5.74, 6) is 0.577. The van der Waals surface area contributed by atoms with E-state index in [0.717, 1.165) is 36.0 Å². The molecular weight excluding hydrogens is 365 g/mol. The second-order valence-electron chi connectivity index (χ2n) is 7.68. The van der Waals surface area contributed by atoms with Gasteiger partial charge in [-0.3, -0.25) is 4.79 Å². The first-order valence-electron chi connectivity index (χ1n) is 9.02. The summed E-state index contributed by atoms with van der Waals surface area (Å²) in [6.07, 6.45) is 5.36. The SMILES string of the molecule is CC1(C2CCCC2)Cc2cc(-c3ccc(C#N)cc3)c(Cl)c(Cl)c2C1=O. The lowest BCUT2D eigenvalue weighted by molar-refractivity contribution is 0.0744. The molecule has 0 bridgehead atoms. The highest BCUT2D eigenvalue weighted by Crippen LogP contribution is 2.52. The maximum atomic E-state index is 13.2. The Labute approximate surface area is 163 Å². The maximum Gasteiger partial charge on any atom is 0.171 e. The van der Waals surface area contributed by atoms with Gasteiger partial charge in [0.05, 0.1) is 21.7 Å². The van der Waals surface area contributed by atoms with Crippen molar-refractivity contribution < 1.29 is 4.79 Å². The summed E-state index contributed by atoms with van der Waals surface area (Å²) >= 11 is 13.1. The van der Waals surface area contributed by atoms with Crippen LogP contribution < -0.4 is 0 Å². The molecule has 2 nitrogen and oxygen atoms in total. The van der Waals surface area contributed by atoms with Gasteiger partial charge in [0.15, 0.2) is 5.78 Å². The first-order chi connectivity index (χ1) is 12.5. The molecule has 0 amide bonds. The average molecular weight is 384 g/mol. The Kier molecular flexibility index (Phi) is 4.34. The number of hydrogen-bond donors (Lipinski definition) is 0. The Bertz CT molecular complexity index is 936. The van der Waals surface area contributed by atoms with Crippen molar-refractivity contribution in [3.63, 3.8) is 0 Å². The normalized spacial score (nSPS) is 22.5. The van der Waals surface area contributed by atoms with Crippen molar-refractivity contribution in [2.75, 3.05) is 0 Å². The quantitative estimate of drug-likeness (QED) is 0.596. The minimum absolute atomic E-state index is 0.151. The van der Waals surface area contributed by atoms with E-state index in [9.17, 15) is 4.79 Å². The van der Waals surface area contributed by atoms with Crippen LogP contribution in [0, 0.1) is 22.7 Å². The van der Waals surface area contributed by atoms with E-state index in [1.165, 1.54) is 12.8 Å². The van der Waals surface area contributed by atoms with Gasteiger partial charge in [-0.05, 0) is 54.5 Å². The number of ketones is 1. The highest BCUT2D eigenvalue weighted by molar-refractivity contribution is 6.46. The van der Waals surface area contributed by atoms with Gasteiger partial charge in [-0.1, -0.05) is 55.1 Å². The molecule has 26 heavy (non-hydrogen) atoms. The summed E-state index contributed by atoms with van der Waals surface area (Å²) in [5, 5.41) is 9.77. The number of carbonyl (C=O) groups excluding carboxylic acids is 1. The van der Waals surface area contributed by atoms with Gasteiger partial charge in [0.1, 0.15) is 0 Å². The van der Waals surface area contributed by atoms with E-state index in [2.05, 4.69) is 13.0 Å². The molecule has 0 aromatic heterocycles. The van der Waals surface area contributed by atoms with Gasteiger partial charge in [0.2, 0.25) is 0 Å². The zero-order valence-electron chi connectivity index (χ0n) is 14.6. The van der Waals surface area contributed by atoms with Gasteiger partial charge in [-0.25, -0.2) is 0 Å². The Hall–Kier alpha value is -1.82. The molecule has 0 N–H and O–H groups in total. The van der Waals surface area contributed by atoms with Crippen LogP contribution in [-0.2, 0) is 6.42 Å². The average Bonchev–Trinajstić information content (AvgIpc) is 3.27. The fraction of sp³-hybridized carbons (Fsp3) is 0.364. The highest BCUT2D eigenvalue weighted by atomic mass is 35.5. The smallest absolute Gasteiger partial charge is 0.171 e. The van der Waals surface area contributed by atoms with Gasteiger partial charge in [0.25, 0.3) is 0 Å². The van der Waals surface area contributed by atoms with E-state index < -0.39 is 0 Å². The molecule has 2 aromatic rings. The van der Waals surface area contributed by atoms with Gasteiger partial charge in [-0.15, -0.1) is 0 Å². The number of hydrogen-bond acceptors (Lipinski definition) is 2. The van der Waals surface area contributed by atoms with Gasteiger partial charge in [-0.2, -0.15) is 5.26 Å². The van der Waals surface area contributed by atoms with Crippen molar-refractivity contribution in [1.82, 2.24) is 0 Å². The van der Waals surface area contributed by atoms with Crippen molar-refractivity contribution in [2.24, 2.45) is 11.3 Å².